The number of ketones is 1. The van der Waals surface area contributed by atoms with E-state index in [-0.39, 0.29) is 34.3 Å². The van der Waals surface area contributed by atoms with E-state index in [0.717, 1.165) is 15.7 Å². The fourth-order valence-corrected chi connectivity index (χ4v) is 2.38. The highest BCUT2D eigenvalue weighted by molar-refractivity contribution is 9.10. The summed E-state index contributed by atoms with van der Waals surface area (Å²) in [6, 6.07) is 11.3. The molecule has 0 saturated heterocycles. The van der Waals surface area contributed by atoms with Crippen LogP contribution in [-0.4, -0.2) is 11.3 Å². The SMILES string of the molecule is Br.Cc1ccc[n+](C(C)C(=O)c2ccc(Br)cc2)c1C.O. The maximum atomic E-state index is 12.5. The summed E-state index contributed by atoms with van der Waals surface area (Å²) in [5, 5.41) is 0. The number of hydrogen-bond donors (Lipinski definition) is 0. The first kappa shape index (κ1) is 20.0. The predicted molar refractivity (Wildman–Crippen MR) is 93.2 cm³/mol. The zero-order valence-corrected chi connectivity index (χ0v) is 15.6. The number of carbonyl (C=O) groups is 1. The van der Waals surface area contributed by atoms with Gasteiger partial charge in [-0.3, -0.25) is 4.79 Å². The van der Waals surface area contributed by atoms with Gasteiger partial charge in [0.1, 0.15) is 0 Å². The van der Waals surface area contributed by atoms with Gasteiger partial charge in [-0.05, 0) is 25.1 Å². The maximum Gasteiger partial charge on any atom is 0.230 e. The van der Waals surface area contributed by atoms with Crippen LogP contribution in [0.1, 0.15) is 34.6 Å². The van der Waals surface area contributed by atoms with Gasteiger partial charge in [0.25, 0.3) is 0 Å². The van der Waals surface area contributed by atoms with Gasteiger partial charge < -0.3 is 5.48 Å². The van der Waals surface area contributed by atoms with Crippen molar-refractivity contribution in [1.82, 2.24) is 0 Å². The molecule has 21 heavy (non-hydrogen) atoms. The molecule has 5 heteroatoms. The van der Waals surface area contributed by atoms with E-state index in [1.165, 1.54) is 5.56 Å². The average molecular weight is 418 g/mol. The smallest absolute Gasteiger partial charge is 0.230 e. The molecule has 2 aromatic rings. The number of Topliss-reactive ketones (excluding diaryl/α,β-unsaturated/α-hetero) is 1. The molecular formula is C16H20Br2NO2+. The molecule has 0 amide bonds. The number of carbonyl (C=O) groups excluding carboxylic acids is 1. The minimum atomic E-state index is -0.193. The van der Waals surface area contributed by atoms with Crippen LogP contribution in [0.4, 0.5) is 0 Å². The molecule has 2 N–H and O–H groups in total. The number of aromatic nitrogens is 1. The fraction of sp³-hybridized carbons (Fsp3) is 0.250. The Morgan fingerprint density at radius 3 is 2.29 bits per heavy atom. The largest absolute Gasteiger partial charge is 0.412 e. The van der Waals surface area contributed by atoms with Crippen LogP contribution >= 0.6 is 32.9 Å². The molecule has 3 nitrogen and oxygen atoms in total. The lowest BCUT2D eigenvalue weighted by molar-refractivity contribution is -0.710. The van der Waals surface area contributed by atoms with Gasteiger partial charge in [-0.1, -0.05) is 28.1 Å². The highest BCUT2D eigenvalue weighted by Gasteiger charge is 2.25. The Balaban J connectivity index is 0.00000200. The lowest BCUT2D eigenvalue weighted by atomic mass is 10.0. The van der Waals surface area contributed by atoms with Gasteiger partial charge in [0.05, 0.1) is 0 Å². The molecule has 0 saturated carbocycles. The first-order valence-electron chi connectivity index (χ1n) is 6.28. The van der Waals surface area contributed by atoms with Crippen molar-refractivity contribution >= 4 is 38.7 Å². The van der Waals surface area contributed by atoms with E-state index >= 15 is 0 Å². The molecule has 1 aromatic carbocycles. The van der Waals surface area contributed by atoms with Crippen LogP contribution in [0, 0.1) is 13.8 Å². The highest BCUT2D eigenvalue weighted by Crippen LogP contribution is 2.15. The molecule has 0 bridgehead atoms. The lowest BCUT2D eigenvalue weighted by Crippen LogP contribution is -2.45. The van der Waals surface area contributed by atoms with Crippen LogP contribution in [0.15, 0.2) is 47.1 Å². The summed E-state index contributed by atoms with van der Waals surface area (Å²) in [7, 11) is 0. The molecule has 0 aliphatic heterocycles. The molecule has 0 spiro atoms. The maximum absolute atomic E-state index is 12.5. The van der Waals surface area contributed by atoms with Crippen molar-refractivity contribution in [2.45, 2.75) is 26.8 Å². The Morgan fingerprint density at radius 2 is 1.71 bits per heavy atom. The Hall–Kier alpha value is -1.04. The predicted octanol–water partition coefficient (Wildman–Crippen LogP) is 3.55. The van der Waals surface area contributed by atoms with Gasteiger partial charge >= 0.3 is 0 Å². The van der Waals surface area contributed by atoms with Crippen LogP contribution in [0.5, 0.6) is 0 Å². The molecular weight excluding hydrogens is 398 g/mol. The van der Waals surface area contributed by atoms with Crippen molar-refractivity contribution in [2.24, 2.45) is 0 Å². The van der Waals surface area contributed by atoms with Crippen molar-refractivity contribution in [3.05, 3.63) is 63.9 Å². The van der Waals surface area contributed by atoms with E-state index < -0.39 is 0 Å². The van der Waals surface area contributed by atoms with Crippen molar-refractivity contribution < 1.29 is 14.8 Å². The second-order valence-electron chi connectivity index (χ2n) is 4.73. The summed E-state index contributed by atoms with van der Waals surface area (Å²) >= 11 is 3.38. The van der Waals surface area contributed by atoms with Gasteiger partial charge in [0.2, 0.25) is 11.8 Å². The molecule has 0 fully saturated rings. The van der Waals surface area contributed by atoms with E-state index in [9.17, 15) is 4.79 Å². The molecule has 0 aliphatic rings. The summed E-state index contributed by atoms with van der Waals surface area (Å²) in [5.41, 5.74) is 3.06. The van der Waals surface area contributed by atoms with Crippen molar-refractivity contribution in [3.8, 4) is 0 Å². The van der Waals surface area contributed by atoms with Crippen LogP contribution in [0.3, 0.4) is 0 Å². The summed E-state index contributed by atoms with van der Waals surface area (Å²) in [6.07, 6.45) is 1.96. The number of rotatable bonds is 3. The summed E-state index contributed by atoms with van der Waals surface area (Å²) in [5.74, 6) is 0.131. The number of halogens is 2. The number of benzene rings is 1. The van der Waals surface area contributed by atoms with Gasteiger partial charge in [0, 0.05) is 35.5 Å². The van der Waals surface area contributed by atoms with Gasteiger partial charge in [-0.15, -0.1) is 17.0 Å². The molecule has 1 heterocycles. The van der Waals surface area contributed by atoms with Gasteiger partial charge in [-0.25, -0.2) is 0 Å². The zero-order valence-electron chi connectivity index (χ0n) is 12.3. The molecule has 2 rings (SSSR count). The third-order valence-electron chi connectivity index (χ3n) is 3.48. The number of pyridine rings is 1. The molecule has 0 radical (unpaired) electrons. The third-order valence-corrected chi connectivity index (χ3v) is 4.00. The molecule has 1 aromatic heterocycles. The Kier molecular flexibility index (Phi) is 8.00. The number of hydrogen-bond acceptors (Lipinski definition) is 1. The second-order valence-corrected chi connectivity index (χ2v) is 5.65. The van der Waals surface area contributed by atoms with Crippen LogP contribution in [-0.2, 0) is 0 Å². The standard InChI is InChI=1S/C16H17BrNO.BrH.H2O/c1-11-5-4-10-18(12(11)2)13(3)16(19)14-6-8-15(17)9-7-14;;/h4-10,13H,1-3H3;1H;1H2/q+1;;. The summed E-state index contributed by atoms with van der Waals surface area (Å²) in [6.45, 7) is 6.04. The van der Waals surface area contributed by atoms with Gasteiger partial charge in [0.15, 0.2) is 11.9 Å². The normalized spacial score (nSPS) is 11.0. The van der Waals surface area contributed by atoms with E-state index in [2.05, 4.69) is 28.9 Å². The minimum Gasteiger partial charge on any atom is -0.412 e. The average Bonchev–Trinajstić information content (AvgIpc) is 2.41. The van der Waals surface area contributed by atoms with Gasteiger partial charge in [-0.2, -0.15) is 4.57 Å². The van der Waals surface area contributed by atoms with E-state index in [4.69, 9.17) is 0 Å². The molecule has 0 aliphatic carbocycles. The third kappa shape index (κ3) is 4.46. The van der Waals surface area contributed by atoms with Crippen LogP contribution in [0.25, 0.3) is 0 Å². The lowest BCUT2D eigenvalue weighted by Gasteiger charge is -2.10. The van der Waals surface area contributed by atoms with E-state index in [1.54, 1.807) is 0 Å². The quantitative estimate of drug-likeness (QED) is 0.556. The molecule has 1 unspecified atom stereocenters. The highest BCUT2D eigenvalue weighted by atomic mass is 79.9. The first-order chi connectivity index (χ1) is 9.00. The monoisotopic (exact) mass is 416 g/mol. The van der Waals surface area contributed by atoms with Crippen LogP contribution < -0.4 is 4.57 Å². The number of aryl methyl sites for hydroxylation is 1. The zero-order chi connectivity index (χ0) is 14.0. The molecule has 1 atom stereocenters. The van der Waals surface area contributed by atoms with E-state index in [1.807, 2.05) is 54.9 Å². The van der Waals surface area contributed by atoms with E-state index in [0.29, 0.717) is 0 Å². The van der Waals surface area contributed by atoms with Crippen molar-refractivity contribution in [2.75, 3.05) is 0 Å². The number of nitrogens with zero attached hydrogens (tertiary/aromatic N) is 1. The Bertz CT molecular complexity index is 612. The fourth-order valence-electron chi connectivity index (χ4n) is 2.12. The van der Waals surface area contributed by atoms with Crippen LogP contribution in [0.2, 0.25) is 0 Å². The Morgan fingerprint density at radius 1 is 1.14 bits per heavy atom. The van der Waals surface area contributed by atoms with Crippen molar-refractivity contribution in [3.63, 3.8) is 0 Å². The first-order valence-corrected chi connectivity index (χ1v) is 7.07. The minimum absolute atomic E-state index is 0. The molecule has 114 valence electrons. The second kappa shape index (κ2) is 8.41. The topological polar surface area (TPSA) is 52.5 Å². The Labute approximate surface area is 144 Å². The summed E-state index contributed by atoms with van der Waals surface area (Å²) < 4.78 is 3.01. The summed E-state index contributed by atoms with van der Waals surface area (Å²) in [4.78, 5) is 12.5. The van der Waals surface area contributed by atoms with Crippen molar-refractivity contribution in [1.29, 1.82) is 0 Å².